The maximum absolute atomic E-state index is 13.1. The van der Waals surface area contributed by atoms with Crippen LogP contribution in [0.3, 0.4) is 0 Å². The number of carbonyl (C=O) groups is 1. The van der Waals surface area contributed by atoms with Crippen LogP contribution in [0.1, 0.15) is 41.6 Å². The first kappa shape index (κ1) is 14.6. The minimum absolute atomic E-state index is 0.130. The van der Waals surface area contributed by atoms with Gasteiger partial charge in [-0.25, -0.2) is 0 Å². The van der Waals surface area contributed by atoms with Crippen LogP contribution in [0.5, 0.6) is 5.75 Å². The molecular formula is C17H17ClN2O3. The summed E-state index contributed by atoms with van der Waals surface area (Å²) in [5.41, 5.74) is 2.08. The summed E-state index contributed by atoms with van der Waals surface area (Å²) in [5, 5.41) is 4.56. The molecule has 2 aliphatic rings. The minimum Gasteiger partial charge on any atom is -0.485 e. The molecule has 4 rings (SSSR count). The third kappa shape index (κ3) is 2.39. The highest BCUT2D eigenvalue weighted by molar-refractivity contribution is 6.32. The molecule has 5 nitrogen and oxygen atoms in total. The van der Waals surface area contributed by atoms with Gasteiger partial charge in [0, 0.05) is 12.0 Å². The Morgan fingerprint density at radius 3 is 3.04 bits per heavy atom. The lowest BCUT2D eigenvalue weighted by Crippen LogP contribution is -2.42. The van der Waals surface area contributed by atoms with Crippen molar-refractivity contribution < 1.29 is 14.1 Å². The second-order valence-electron chi connectivity index (χ2n) is 6.07. The Kier molecular flexibility index (Phi) is 3.53. The predicted molar refractivity (Wildman–Crippen MR) is 86.4 cm³/mol. The van der Waals surface area contributed by atoms with Gasteiger partial charge in [0.25, 0.3) is 5.91 Å². The number of fused-ring (bicyclic) bond motifs is 2. The van der Waals surface area contributed by atoms with Crippen LogP contribution >= 0.6 is 11.6 Å². The van der Waals surface area contributed by atoms with Crippen LogP contribution in [0.4, 0.5) is 5.69 Å². The lowest BCUT2D eigenvalue weighted by Gasteiger charge is -2.33. The van der Waals surface area contributed by atoms with E-state index in [-0.39, 0.29) is 12.0 Å². The number of halogens is 1. The topological polar surface area (TPSA) is 55.6 Å². The number of nitrogens with zero attached hydrogens (tertiary/aromatic N) is 2. The summed E-state index contributed by atoms with van der Waals surface area (Å²) in [6.07, 6.45) is 3.73. The van der Waals surface area contributed by atoms with E-state index in [1.807, 2.05) is 19.1 Å². The quantitative estimate of drug-likeness (QED) is 0.800. The molecule has 1 atom stereocenters. The Bertz CT molecular complexity index is 771. The van der Waals surface area contributed by atoms with Gasteiger partial charge in [-0.3, -0.25) is 9.69 Å². The average molecular weight is 333 g/mol. The number of aryl methyl sites for hydroxylation is 1. The van der Waals surface area contributed by atoms with Gasteiger partial charge >= 0.3 is 0 Å². The zero-order chi connectivity index (χ0) is 16.0. The molecule has 0 N–H and O–H groups in total. The SMILES string of the molecule is CC1CN(C(=O)c2noc3c2CCCC3)c2cccc(Cl)c2O1. The van der Waals surface area contributed by atoms with Gasteiger partial charge < -0.3 is 9.26 Å². The lowest BCUT2D eigenvalue weighted by molar-refractivity contribution is 0.0951. The van der Waals surface area contributed by atoms with Gasteiger partial charge in [0.2, 0.25) is 0 Å². The zero-order valence-electron chi connectivity index (χ0n) is 12.8. The van der Waals surface area contributed by atoms with Crippen LogP contribution in [0.25, 0.3) is 0 Å². The summed E-state index contributed by atoms with van der Waals surface area (Å²) >= 11 is 6.22. The molecule has 2 aromatic rings. The molecule has 1 unspecified atom stereocenters. The number of ether oxygens (including phenoxy) is 1. The highest BCUT2D eigenvalue weighted by Gasteiger charge is 2.33. The molecule has 1 aromatic carbocycles. The number of hydrogen-bond donors (Lipinski definition) is 0. The van der Waals surface area contributed by atoms with Crippen LogP contribution in [0, 0.1) is 0 Å². The van der Waals surface area contributed by atoms with Gasteiger partial charge in [0.1, 0.15) is 11.9 Å². The van der Waals surface area contributed by atoms with Crippen LogP contribution in [0.2, 0.25) is 5.02 Å². The maximum Gasteiger partial charge on any atom is 0.280 e. The fourth-order valence-electron chi connectivity index (χ4n) is 3.29. The van der Waals surface area contributed by atoms with Crippen molar-refractivity contribution >= 4 is 23.2 Å². The Balaban J connectivity index is 1.75. The largest absolute Gasteiger partial charge is 0.485 e. The molecule has 0 spiro atoms. The molecule has 1 aliphatic heterocycles. The van der Waals surface area contributed by atoms with Gasteiger partial charge in [0.15, 0.2) is 11.4 Å². The summed E-state index contributed by atoms with van der Waals surface area (Å²) in [4.78, 5) is 14.8. The summed E-state index contributed by atoms with van der Waals surface area (Å²) in [6, 6.07) is 5.43. The number of para-hydroxylation sites is 1. The molecular weight excluding hydrogens is 316 g/mol. The number of hydrogen-bond acceptors (Lipinski definition) is 4. The second-order valence-corrected chi connectivity index (χ2v) is 6.48. The summed E-state index contributed by atoms with van der Waals surface area (Å²) in [7, 11) is 0. The first-order chi connectivity index (χ1) is 11.1. The van der Waals surface area contributed by atoms with Crippen molar-refractivity contribution in [2.45, 2.75) is 38.7 Å². The van der Waals surface area contributed by atoms with E-state index in [0.717, 1.165) is 37.0 Å². The fraction of sp³-hybridized carbons (Fsp3) is 0.412. The minimum atomic E-state index is -0.143. The molecule has 0 saturated heterocycles. The standard InChI is InChI=1S/C17H17ClN2O3/c1-10-9-20(13-7-4-6-12(18)16(13)22-10)17(21)15-11-5-2-3-8-14(11)23-19-15/h4,6-7,10H,2-3,5,8-9H2,1H3. The lowest BCUT2D eigenvalue weighted by atomic mass is 9.96. The van der Waals surface area contributed by atoms with Gasteiger partial charge in [-0.1, -0.05) is 22.8 Å². The molecule has 1 amide bonds. The van der Waals surface area contributed by atoms with Crippen LogP contribution < -0.4 is 9.64 Å². The van der Waals surface area contributed by atoms with Crippen molar-refractivity contribution in [3.05, 3.63) is 40.2 Å². The molecule has 0 radical (unpaired) electrons. The zero-order valence-corrected chi connectivity index (χ0v) is 13.6. The molecule has 0 fully saturated rings. The van der Waals surface area contributed by atoms with Crippen molar-refractivity contribution in [2.24, 2.45) is 0 Å². The predicted octanol–water partition coefficient (Wildman–Crippen LogP) is 3.63. The van der Waals surface area contributed by atoms with E-state index in [1.54, 1.807) is 11.0 Å². The molecule has 120 valence electrons. The molecule has 0 bridgehead atoms. The smallest absolute Gasteiger partial charge is 0.280 e. The summed E-state index contributed by atoms with van der Waals surface area (Å²) in [5.74, 6) is 1.27. The van der Waals surface area contributed by atoms with Crippen molar-refractivity contribution in [3.63, 3.8) is 0 Å². The first-order valence-electron chi connectivity index (χ1n) is 7.89. The van der Waals surface area contributed by atoms with Gasteiger partial charge in [0.05, 0.1) is 17.3 Å². The van der Waals surface area contributed by atoms with E-state index in [1.165, 1.54) is 0 Å². The summed E-state index contributed by atoms with van der Waals surface area (Å²) < 4.78 is 11.2. The third-order valence-electron chi connectivity index (χ3n) is 4.39. The van der Waals surface area contributed by atoms with E-state index in [2.05, 4.69) is 5.16 Å². The van der Waals surface area contributed by atoms with E-state index in [0.29, 0.717) is 28.7 Å². The molecule has 2 heterocycles. The van der Waals surface area contributed by atoms with E-state index >= 15 is 0 Å². The highest BCUT2D eigenvalue weighted by Crippen LogP contribution is 2.40. The molecule has 0 saturated carbocycles. The maximum atomic E-state index is 13.1. The van der Waals surface area contributed by atoms with Crippen molar-refractivity contribution in [1.82, 2.24) is 5.16 Å². The Hall–Kier alpha value is -2.01. The highest BCUT2D eigenvalue weighted by atomic mass is 35.5. The summed E-state index contributed by atoms with van der Waals surface area (Å²) in [6.45, 7) is 2.39. The second kappa shape index (κ2) is 5.57. The molecule has 1 aliphatic carbocycles. The molecule has 6 heteroatoms. The van der Waals surface area contributed by atoms with E-state index in [4.69, 9.17) is 20.9 Å². The van der Waals surface area contributed by atoms with Crippen molar-refractivity contribution in [3.8, 4) is 5.75 Å². The Morgan fingerprint density at radius 2 is 2.17 bits per heavy atom. The number of benzene rings is 1. The normalized spacial score (nSPS) is 19.7. The van der Waals surface area contributed by atoms with Gasteiger partial charge in [-0.2, -0.15) is 0 Å². The first-order valence-corrected chi connectivity index (χ1v) is 8.27. The van der Waals surface area contributed by atoms with Crippen molar-refractivity contribution in [2.75, 3.05) is 11.4 Å². The Morgan fingerprint density at radius 1 is 1.35 bits per heavy atom. The monoisotopic (exact) mass is 332 g/mol. The Labute approximate surface area is 139 Å². The number of carbonyl (C=O) groups excluding carboxylic acids is 1. The number of aromatic nitrogens is 1. The average Bonchev–Trinajstić information content (AvgIpc) is 2.98. The van der Waals surface area contributed by atoms with Gasteiger partial charge in [-0.05, 0) is 38.3 Å². The van der Waals surface area contributed by atoms with Gasteiger partial charge in [-0.15, -0.1) is 0 Å². The molecule has 1 aromatic heterocycles. The van der Waals surface area contributed by atoms with Crippen molar-refractivity contribution in [1.29, 1.82) is 0 Å². The number of rotatable bonds is 1. The van der Waals surface area contributed by atoms with E-state index < -0.39 is 0 Å². The van der Waals surface area contributed by atoms with E-state index in [9.17, 15) is 4.79 Å². The fourth-order valence-corrected chi connectivity index (χ4v) is 3.51. The third-order valence-corrected chi connectivity index (χ3v) is 4.69. The van der Waals surface area contributed by atoms with Crippen LogP contribution in [-0.4, -0.2) is 23.7 Å². The number of anilines is 1. The van der Waals surface area contributed by atoms with Crippen LogP contribution in [-0.2, 0) is 12.8 Å². The van der Waals surface area contributed by atoms with Crippen LogP contribution in [0.15, 0.2) is 22.7 Å². The molecule has 23 heavy (non-hydrogen) atoms. The number of amides is 1.